The van der Waals surface area contributed by atoms with E-state index < -0.39 is 0 Å². The van der Waals surface area contributed by atoms with Crippen LogP contribution in [0.5, 0.6) is 0 Å². The van der Waals surface area contributed by atoms with Crippen molar-refractivity contribution in [2.75, 3.05) is 19.0 Å². The molecule has 1 aliphatic carbocycles. The Kier molecular flexibility index (Phi) is 4.76. The molecule has 0 radical (unpaired) electrons. The first kappa shape index (κ1) is 14.3. The minimum absolute atomic E-state index is 0.0932. The van der Waals surface area contributed by atoms with E-state index in [-0.39, 0.29) is 18.1 Å². The topological polar surface area (TPSA) is 63.2 Å². The highest BCUT2D eigenvalue weighted by Crippen LogP contribution is 2.24. The molecule has 5 nitrogen and oxygen atoms in total. The van der Waals surface area contributed by atoms with E-state index in [9.17, 15) is 4.79 Å². The molecule has 1 amide bonds. The monoisotopic (exact) mass is 327 g/mol. The molecule has 104 valence electrons. The highest BCUT2D eigenvalue weighted by Gasteiger charge is 2.30. The van der Waals surface area contributed by atoms with Gasteiger partial charge in [0.15, 0.2) is 0 Å². The van der Waals surface area contributed by atoms with Gasteiger partial charge in [-0.25, -0.2) is 4.98 Å². The summed E-state index contributed by atoms with van der Waals surface area (Å²) in [5.74, 6) is 0.523. The van der Waals surface area contributed by atoms with Crippen LogP contribution in [0, 0.1) is 0 Å². The standard InChI is InChI=1S/C13H18BrN3O2/c1-3-15-12-11(4-8(14)7-16-12)13(18)17-9-5-10(6-9)19-2/h4,7,9-10H,3,5-6H2,1-2H3,(H,15,16)(H,17,18). The van der Waals surface area contributed by atoms with Crippen molar-refractivity contribution in [3.63, 3.8) is 0 Å². The number of halogens is 1. The Morgan fingerprint density at radius 3 is 2.95 bits per heavy atom. The van der Waals surface area contributed by atoms with E-state index in [0.29, 0.717) is 11.4 Å². The lowest BCUT2D eigenvalue weighted by Crippen LogP contribution is -2.47. The Morgan fingerprint density at radius 1 is 1.58 bits per heavy atom. The van der Waals surface area contributed by atoms with Gasteiger partial charge in [-0.15, -0.1) is 0 Å². The molecule has 0 saturated heterocycles. The first-order valence-electron chi connectivity index (χ1n) is 6.37. The fourth-order valence-corrected chi connectivity index (χ4v) is 2.39. The molecule has 1 aromatic rings. The van der Waals surface area contributed by atoms with Gasteiger partial charge in [-0.1, -0.05) is 0 Å². The minimum Gasteiger partial charge on any atom is -0.381 e. The third-order valence-electron chi connectivity index (χ3n) is 3.21. The van der Waals surface area contributed by atoms with Crippen molar-refractivity contribution in [2.45, 2.75) is 31.9 Å². The summed E-state index contributed by atoms with van der Waals surface area (Å²) in [7, 11) is 1.70. The van der Waals surface area contributed by atoms with Crippen LogP contribution >= 0.6 is 15.9 Å². The van der Waals surface area contributed by atoms with E-state index in [1.807, 2.05) is 6.92 Å². The van der Waals surface area contributed by atoms with Crippen molar-refractivity contribution >= 4 is 27.7 Å². The average Bonchev–Trinajstić information content (AvgIpc) is 2.35. The van der Waals surface area contributed by atoms with E-state index in [0.717, 1.165) is 23.9 Å². The second-order valence-corrected chi connectivity index (χ2v) is 5.50. The summed E-state index contributed by atoms with van der Waals surface area (Å²) in [5.41, 5.74) is 0.567. The van der Waals surface area contributed by atoms with Gasteiger partial charge in [-0.2, -0.15) is 0 Å². The lowest BCUT2D eigenvalue weighted by Gasteiger charge is -2.34. The minimum atomic E-state index is -0.0932. The zero-order valence-electron chi connectivity index (χ0n) is 11.1. The molecule has 0 bridgehead atoms. The van der Waals surface area contributed by atoms with Crippen molar-refractivity contribution in [2.24, 2.45) is 0 Å². The highest BCUT2D eigenvalue weighted by atomic mass is 79.9. The molecule has 2 rings (SSSR count). The third kappa shape index (κ3) is 3.45. The SMILES string of the molecule is CCNc1ncc(Br)cc1C(=O)NC1CC(OC)C1. The number of amides is 1. The molecular weight excluding hydrogens is 310 g/mol. The second kappa shape index (κ2) is 6.34. The number of aromatic nitrogens is 1. The van der Waals surface area contributed by atoms with E-state index in [4.69, 9.17) is 4.74 Å². The Morgan fingerprint density at radius 2 is 2.32 bits per heavy atom. The maximum atomic E-state index is 12.2. The zero-order chi connectivity index (χ0) is 13.8. The van der Waals surface area contributed by atoms with Gasteiger partial charge in [0.1, 0.15) is 5.82 Å². The molecule has 1 saturated carbocycles. The summed E-state index contributed by atoms with van der Waals surface area (Å²) >= 11 is 3.34. The molecule has 1 aromatic heterocycles. The fourth-order valence-electron chi connectivity index (χ4n) is 2.06. The maximum Gasteiger partial charge on any atom is 0.255 e. The first-order chi connectivity index (χ1) is 9.13. The molecule has 0 spiro atoms. The van der Waals surface area contributed by atoms with Crippen LogP contribution in [0.2, 0.25) is 0 Å². The Hall–Kier alpha value is -1.14. The van der Waals surface area contributed by atoms with Gasteiger partial charge in [0.25, 0.3) is 5.91 Å². The molecule has 0 aromatic carbocycles. The van der Waals surface area contributed by atoms with Gasteiger partial charge in [0.2, 0.25) is 0 Å². The van der Waals surface area contributed by atoms with Crippen LogP contribution in [0.1, 0.15) is 30.1 Å². The number of hydrogen-bond acceptors (Lipinski definition) is 4. The Labute approximate surface area is 121 Å². The van der Waals surface area contributed by atoms with Crippen molar-refractivity contribution in [3.05, 3.63) is 22.3 Å². The van der Waals surface area contributed by atoms with E-state index in [1.165, 1.54) is 0 Å². The molecule has 19 heavy (non-hydrogen) atoms. The molecule has 1 aliphatic rings. The van der Waals surface area contributed by atoms with Crippen LogP contribution in [-0.4, -0.2) is 36.7 Å². The number of hydrogen-bond donors (Lipinski definition) is 2. The number of methoxy groups -OCH3 is 1. The predicted molar refractivity (Wildman–Crippen MR) is 77.4 cm³/mol. The van der Waals surface area contributed by atoms with Crippen molar-refractivity contribution in [3.8, 4) is 0 Å². The van der Waals surface area contributed by atoms with Gasteiger partial charge in [-0.05, 0) is 41.8 Å². The van der Waals surface area contributed by atoms with Crippen molar-refractivity contribution in [1.29, 1.82) is 0 Å². The molecule has 0 atom stereocenters. The molecule has 6 heteroatoms. The average molecular weight is 328 g/mol. The summed E-state index contributed by atoms with van der Waals surface area (Å²) in [6.07, 6.45) is 3.71. The Bertz CT molecular complexity index is 461. The number of nitrogens with one attached hydrogen (secondary N) is 2. The normalized spacial score (nSPS) is 21.6. The quantitative estimate of drug-likeness (QED) is 0.870. The van der Waals surface area contributed by atoms with Crippen molar-refractivity contribution in [1.82, 2.24) is 10.3 Å². The summed E-state index contributed by atoms with van der Waals surface area (Å²) < 4.78 is 6.00. The fraction of sp³-hybridized carbons (Fsp3) is 0.538. The van der Waals surface area contributed by atoms with E-state index >= 15 is 0 Å². The molecule has 0 aliphatic heterocycles. The summed E-state index contributed by atoms with van der Waals surface area (Å²) in [6, 6.07) is 1.98. The van der Waals surface area contributed by atoms with Crippen LogP contribution in [0.25, 0.3) is 0 Å². The highest BCUT2D eigenvalue weighted by molar-refractivity contribution is 9.10. The van der Waals surface area contributed by atoms with Crippen LogP contribution in [-0.2, 0) is 4.74 Å². The third-order valence-corrected chi connectivity index (χ3v) is 3.64. The number of nitrogens with zero attached hydrogens (tertiary/aromatic N) is 1. The van der Waals surface area contributed by atoms with Gasteiger partial charge >= 0.3 is 0 Å². The number of pyridine rings is 1. The second-order valence-electron chi connectivity index (χ2n) is 4.58. The summed E-state index contributed by atoms with van der Waals surface area (Å²) in [6.45, 7) is 2.70. The molecule has 1 fully saturated rings. The van der Waals surface area contributed by atoms with E-state index in [1.54, 1.807) is 19.4 Å². The number of carbonyl (C=O) groups excluding carboxylic acids is 1. The van der Waals surface area contributed by atoms with Crippen LogP contribution < -0.4 is 10.6 Å². The maximum absolute atomic E-state index is 12.2. The first-order valence-corrected chi connectivity index (χ1v) is 7.16. The van der Waals surface area contributed by atoms with Gasteiger partial charge in [-0.3, -0.25) is 4.79 Å². The number of ether oxygens (including phenoxy) is 1. The van der Waals surface area contributed by atoms with Gasteiger partial charge in [0, 0.05) is 30.4 Å². The number of rotatable bonds is 5. The molecule has 0 unspecified atom stereocenters. The zero-order valence-corrected chi connectivity index (χ0v) is 12.7. The lowest BCUT2D eigenvalue weighted by molar-refractivity contribution is 0.0176. The van der Waals surface area contributed by atoms with Crippen LogP contribution in [0.4, 0.5) is 5.82 Å². The summed E-state index contributed by atoms with van der Waals surface area (Å²) in [5, 5.41) is 6.10. The molecular formula is C13H18BrN3O2. The summed E-state index contributed by atoms with van der Waals surface area (Å²) in [4.78, 5) is 16.5. The molecule has 2 N–H and O–H groups in total. The Balaban J connectivity index is 2.03. The largest absolute Gasteiger partial charge is 0.381 e. The molecule has 1 heterocycles. The van der Waals surface area contributed by atoms with Crippen LogP contribution in [0.15, 0.2) is 16.7 Å². The van der Waals surface area contributed by atoms with Crippen molar-refractivity contribution < 1.29 is 9.53 Å². The van der Waals surface area contributed by atoms with E-state index in [2.05, 4.69) is 31.5 Å². The predicted octanol–water partition coefficient (Wildman–Crippen LogP) is 2.18. The number of anilines is 1. The van der Waals surface area contributed by atoms with Gasteiger partial charge < -0.3 is 15.4 Å². The van der Waals surface area contributed by atoms with Crippen LogP contribution in [0.3, 0.4) is 0 Å². The lowest BCUT2D eigenvalue weighted by atomic mass is 9.89. The number of carbonyl (C=O) groups is 1. The van der Waals surface area contributed by atoms with Gasteiger partial charge in [0.05, 0.1) is 11.7 Å². The smallest absolute Gasteiger partial charge is 0.255 e.